The molecule has 1 amide bonds. The maximum Gasteiger partial charge on any atom is 0.239 e. The molecule has 1 aliphatic rings. The summed E-state index contributed by atoms with van der Waals surface area (Å²) in [5.41, 5.74) is 0. The summed E-state index contributed by atoms with van der Waals surface area (Å²) in [5, 5.41) is 10.9. The second-order valence-corrected chi connectivity index (χ2v) is 4.60. The number of likely N-dealkylation sites (tertiary alicyclic amines) is 1. The van der Waals surface area contributed by atoms with E-state index in [1.165, 1.54) is 0 Å². The number of aromatic nitrogens is 3. The molecule has 1 saturated heterocycles. The Bertz CT molecular complexity index is 363. The molecule has 2 rings (SSSR count). The second-order valence-electron chi connectivity index (χ2n) is 4.60. The van der Waals surface area contributed by atoms with Crippen LogP contribution >= 0.6 is 0 Å². The highest BCUT2D eigenvalue weighted by Crippen LogP contribution is 2.12. The molecule has 0 saturated carbocycles. The second kappa shape index (κ2) is 6.49. The third kappa shape index (κ3) is 3.29. The summed E-state index contributed by atoms with van der Waals surface area (Å²) in [7, 11) is 0. The summed E-state index contributed by atoms with van der Waals surface area (Å²) in [5.74, 6) is 0.252. The highest BCUT2D eigenvalue weighted by atomic mass is 16.2. The van der Waals surface area contributed by atoms with Gasteiger partial charge in [-0.2, -0.15) is 0 Å². The van der Waals surface area contributed by atoms with Crippen molar-refractivity contribution in [3.8, 4) is 0 Å². The molecular weight excluding hydrogens is 230 g/mol. The molecule has 0 radical (unpaired) electrons. The van der Waals surface area contributed by atoms with Crippen LogP contribution in [-0.2, 0) is 11.3 Å². The molecule has 6 nitrogen and oxygen atoms in total. The Morgan fingerprint density at radius 3 is 3.11 bits per heavy atom. The van der Waals surface area contributed by atoms with Crippen molar-refractivity contribution in [1.29, 1.82) is 0 Å². The van der Waals surface area contributed by atoms with Crippen molar-refractivity contribution in [2.45, 2.75) is 38.8 Å². The van der Waals surface area contributed by atoms with Gasteiger partial charge in [0.15, 0.2) is 0 Å². The van der Waals surface area contributed by atoms with Crippen LogP contribution in [0, 0.1) is 0 Å². The lowest BCUT2D eigenvalue weighted by Crippen LogP contribution is -2.50. The number of rotatable bonds is 6. The number of hydrogen-bond donors (Lipinski definition) is 1. The van der Waals surface area contributed by atoms with E-state index in [4.69, 9.17) is 0 Å². The van der Waals surface area contributed by atoms with Crippen LogP contribution in [0.3, 0.4) is 0 Å². The molecule has 1 fully saturated rings. The number of aryl methyl sites for hydroxylation is 1. The van der Waals surface area contributed by atoms with E-state index in [1.54, 1.807) is 10.9 Å². The number of likely N-dealkylation sites (N-methyl/N-ethyl adjacent to an activating group) is 1. The zero-order valence-electron chi connectivity index (χ0n) is 10.9. The summed E-state index contributed by atoms with van der Waals surface area (Å²) in [4.78, 5) is 14.1. The molecule has 1 atom stereocenters. The molecule has 1 aromatic rings. The number of amides is 1. The Labute approximate surface area is 107 Å². The SMILES string of the molecule is CCNC1CCCN(CCCn2ccnn2)C1=O. The molecule has 1 aromatic heterocycles. The minimum absolute atomic E-state index is 0.0233. The molecule has 1 aliphatic heterocycles. The van der Waals surface area contributed by atoms with E-state index >= 15 is 0 Å². The van der Waals surface area contributed by atoms with Crippen LogP contribution in [0.5, 0.6) is 0 Å². The Kier molecular flexibility index (Phi) is 4.69. The first-order valence-electron chi connectivity index (χ1n) is 6.67. The standard InChI is InChI=1S/C12H21N5O/c1-2-13-11-5-3-7-16(12(11)18)8-4-9-17-10-6-14-15-17/h6,10-11,13H,2-5,7-9H2,1H3. The van der Waals surface area contributed by atoms with Crippen molar-refractivity contribution in [3.05, 3.63) is 12.4 Å². The molecule has 0 aromatic carbocycles. The minimum atomic E-state index is 0.0233. The van der Waals surface area contributed by atoms with E-state index in [2.05, 4.69) is 15.6 Å². The highest BCUT2D eigenvalue weighted by Gasteiger charge is 2.27. The highest BCUT2D eigenvalue weighted by molar-refractivity contribution is 5.82. The van der Waals surface area contributed by atoms with Crippen LogP contribution < -0.4 is 5.32 Å². The number of carbonyl (C=O) groups excluding carboxylic acids is 1. The summed E-state index contributed by atoms with van der Waals surface area (Å²) in [6.45, 7) is 5.40. The molecule has 0 spiro atoms. The fourth-order valence-corrected chi connectivity index (χ4v) is 2.37. The molecule has 0 aliphatic carbocycles. The van der Waals surface area contributed by atoms with E-state index in [-0.39, 0.29) is 11.9 Å². The van der Waals surface area contributed by atoms with Gasteiger partial charge in [0, 0.05) is 25.8 Å². The summed E-state index contributed by atoms with van der Waals surface area (Å²) in [6.07, 6.45) is 6.50. The smallest absolute Gasteiger partial charge is 0.239 e. The first kappa shape index (κ1) is 13.0. The van der Waals surface area contributed by atoms with Gasteiger partial charge in [-0.3, -0.25) is 9.48 Å². The van der Waals surface area contributed by atoms with Gasteiger partial charge in [0.05, 0.1) is 12.2 Å². The fourth-order valence-electron chi connectivity index (χ4n) is 2.37. The van der Waals surface area contributed by atoms with Crippen LogP contribution in [0.2, 0.25) is 0 Å². The molecule has 2 heterocycles. The van der Waals surface area contributed by atoms with Crippen LogP contribution in [0.4, 0.5) is 0 Å². The van der Waals surface area contributed by atoms with E-state index in [1.807, 2.05) is 18.0 Å². The molecule has 0 bridgehead atoms. The number of nitrogens with zero attached hydrogens (tertiary/aromatic N) is 4. The van der Waals surface area contributed by atoms with Crippen molar-refractivity contribution in [3.63, 3.8) is 0 Å². The average molecular weight is 251 g/mol. The van der Waals surface area contributed by atoms with Crippen molar-refractivity contribution in [2.75, 3.05) is 19.6 Å². The van der Waals surface area contributed by atoms with Crippen molar-refractivity contribution >= 4 is 5.91 Å². The normalized spacial score (nSPS) is 20.4. The fraction of sp³-hybridized carbons (Fsp3) is 0.750. The third-order valence-corrected chi connectivity index (χ3v) is 3.27. The largest absolute Gasteiger partial charge is 0.341 e. The Morgan fingerprint density at radius 2 is 2.39 bits per heavy atom. The van der Waals surface area contributed by atoms with Gasteiger partial charge in [0.1, 0.15) is 0 Å². The molecular formula is C12H21N5O. The maximum absolute atomic E-state index is 12.1. The quantitative estimate of drug-likeness (QED) is 0.788. The lowest BCUT2D eigenvalue weighted by atomic mass is 10.0. The third-order valence-electron chi connectivity index (χ3n) is 3.27. The molecule has 18 heavy (non-hydrogen) atoms. The molecule has 1 N–H and O–H groups in total. The lowest BCUT2D eigenvalue weighted by molar-refractivity contribution is -0.136. The summed E-state index contributed by atoms with van der Waals surface area (Å²) in [6, 6.07) is 0.0233. The van der Waals surface area contributed by atoms with Gasteiger partial charge in [0.2, 0.25) is 5.91 Å². The number of carbonyl (C=O) groups is 1. The predicted octanol–water partition coefficient (Wildman–Crippen LogP) is 0.269. The predicted molar refractivity (Wildman–Crippen MR) is 67.9 cm³/mol. The topological polar surface area (TPSA) is 63.1 Å². The summed E-state index contributed by atoms with van der Waals surface area (Å²) >= 11 is 0. The van der Waals surface area contributed by atoms with E-state index in [9.17, 15) is 4.79 Å². The van der Waals surface area contributed by atoms with Gasteiger partial charge in [-0.05, 0) is 25.8 Å². The first-order valence-corrected chi connectivity index (χ1v) is 6.67. The number of hydrogen-bond acceptors (Lipinski definition) is 4. The van der Waals surface area contributed by atoms with Crippen LogP contribution in [0.15, 0.2) is 12.4 Å². The van der Waals surface area contributed by atoms with Crippen LogP contribution in [0.1, 0.15) is 26.2 Å². The lowest BCUT2D eigenvalue weighted by Gasteiger charge is -2.32. The number of nitrogens with one attached hydrogen (secondary N) is 1. The Hall–Kier alpha value is -1.43. The number of piperidine rings is 1. The van der Waals surface area contributed by atoms with Crippen molar-refractivity contribution in [1.82, 2.24) is 25.2 Å². The van der Waals surface area contributed by atoms with E-state index < -0.39 is 0 Å². The Morgan fingerprint density at radius 1 is 1.50 bits per heavy atom. The van der Waals surface area contributed by atoms with E-state index in [0.717, 1.165) is 45.4 Å². The first-order chi connectivity index (χ1) is 8.81. The van der Waals surface area contributed by atoms with Gasteiger partial charge >= 0.3 is 0 Å². The zero-order valence-corrected chi connectivity index (χ0v) is 10.9. The van der Waals surface area contributed by atoms with Gasteiger partial charge in [-0.15, -0.1) is 5.10 Å². The van der Waals surface area contributed by atoms with E-state index in [0.29, 0.717) is 0 Å². The maximum atomic E-state index is 12.1. The molecule has 6 heteroatoms. The van der Waals surface area contributed by atoms with Gasteiger partial charge < -0.3 is 10.2 Å². The van der Waals surface area contributed by atoms with Crippen molar-refractivity contribution < 1.29 is 4.79 Å². The zero-order chi connectivity index (χ0) is 12.8. The average Bonchev–Trinajstić information content (AvgIpc) is 2.87. The van der Waals surface area contributed by atoms with Gasteiger partial charge in [0.25, 0.3) is 0 Å². The van der Waals surface area contributed by atoms with Gasteiger partial charge in [-0.25, -0.2) is 0 Å². The monoisotopic (exact) mass is 251 g/mol. The summed E-state index contributed by atoms with van der Waals surface area (Å²) < 4.78 is 1.80. The molecule has 100 valence electrons. The van der Waals surface area contributed by atoms with Crippen molar-refractivity contribution in [2.24, 2.45) is 0 Å². The minimum Gasteiger partial charge on any atom is -0.341 e. The van der Waals surface area contributed by atoms with Crippen LogP contribution in [-0.4, -0.2) is 51.5 Å². The Balaban J connectivity index is 1.76. The van der Waals surface area contributed by atoms with Crippen LogP contribution in [0.25, 0.3) is 0 Å². The van der Waals surface area contributed by atoms with Gasteiger partial charge in [-0.1, -0.05) is 12.1 Å². The molecule has 1 unspecified atom stereocenters.